The number of benzene rings is 4. The first-order chi connectivity index (χ1) is 17.9. The summed E-state index contributed by atoms with van der Waals surface area (Å²) in [7, 11) is 0. The van der Waals surface area contributed by atoms with Crippen molar-refractivity contribution in [2.24, 2.45) is 9.98 Å². The third kappa shape index (κ3) is 4.28. The highest BCUT2D eigenvalue weighted by Crippen LogP contribution is 2.45. The van der Waals surface area contributed by atoms with Crippen LogP contribution in [0.3, 0.4) is 0 Å². The van der Waals surface area contributed by atoms with Crippen molar-refractivity contribution in [1.29, 1.82) is 0 Å². The molecular weight excluding hydrogens is 440 g/mol. The van der Waals surface area contributed by atoms with Crippen LogP contribution in [0.15, 0.2) is 132 Å². The molecule has 0 bridgehead atoms. The summed E-state index contributed by atoms with van der Waals surface area (Å²) in [6.07, 6.45) is 7.18. The van der Waals surface area contributed by atoms with Crippen LogP contribution in [-0.2, 0) is 0 Å². The van der Waals surface area contributed by atoms with Gasteiger partial charge in [-0.05, 0) is 57.9 Å². The number of fused-ring (bicyclic) bond motifs is 2. The third-order valence-electron chi connectivity index (χ3n) is 6.11. The van der Waals surface area contributed by atoms with E-state index in [1.807, 2.05) is 48.8 Å². The Balaban J connectivity index is 1.63. The number of aromatic nitrogens is 2. The summed E-state index contributed by atoms with van der Waals surface area (Å²) in [6, 6.07) is 36.8. The van der Waals surface area contributed by atoms with Gasteiger partial charge in [-0.25, -0.2) is 0 Å². The normalized spacial score (nSPS) is 11.7. The Morgan fingerprint density at radius 1 is 0.444 bits per heavy atom. The van der Waals surface area contributed by atoms with E-state index in [2.05, 4.69) is 82.8 Å². The summed E-state index contributed by atoms with van der Waals surface area (Å²) in [5.74, 6) is 0. The van der Waals surface area contributed by atoms with Gasteiger partial charge in [0.15, 0.2) is 0 Å². The second-order valence-electron chi connectivity index (χ2n) is 8.39. The molecule has 0 fully saturated rings. The molecule has 0 spiro atoms. The number of nitrogens with zero attached hydrogens (tertiary/aromatic N) is 4. The minimum atomic E-state index is 0.808. The van der Waals surface area contributed by atoms with Gasteiger partial charge in [0, 0.05) is 23.5 Å². The second kappa shape index (κ2) is 9.72. The summed E-state index contributed by atoms with van der Waals surface area (Å²) < 4.78 is 0. The molecule has 4 aromatic carbocycles. The SMILES string of the molecule is C(=Nc1ccc2ccccc2c1-c1c(N=Cc2ccccn2)ccc2ccccc12)c1ccccn1. The molecule has 4 heteroatoms. The van der Waals surface area contributed by atoms with Crippen molar-refractivity contribution >= 4 is 45.3 Å². The van der Waals surface area contributed by atoms with Crippen molar-refractivity contribution in [1.82, 2.24) is 9.97 Å². The first-order valence-corrected chi connectivity index (χ1v) is 11.8. The van der Waals surface area contributed by atoms with Crippen molar-refractivity contribution in [2.45, 2.75) is 0 Å². The zero-order valence-corrected chi connectivity index (χ0v) is 19.5. The number of hydrogen-bond acceptors (Lipinski definition) is 4. The highest BCUT2D eigenvalue weighted by atomic mass is 14.8. The van der Waals surface area contributed by atoms with Crippen LogP contribution in [0.25, 0.3) is 32.7 Å². The molecule has 0 aliphatic rings. The van der Waals surface area contributed by atoms with Gasteiger partial charge >= 0.3 is 0 Å². The van der Waals surface area contributed by atoms with E-state index in [0.29, 0.717) is 0 Å². The van der Waals surface area contributed by atoms with Crippen LogP contribution in [0.1, 0.15) is 11.4 Å². The lowest BCUT2D eigenvalue weighted by Crippen LogP contribution is -1.90. The lowest BCUT2D eigenvalue weighted by molar-refractivity contribution is 1.30. The van der Waals surface area contributed by atoms with Gasteiger partial charge in [-0.2, -0.15) is 0 Å². The maximum atomic E-state index is 4.92. The van der Waals surface area contributed by atoms with E-state index in [1.165, 1.54) is 0 Å². The Bertz CT molecular complexity index is 1590. The zero-order valence-electron chi connectivity index (χ0n) is 19.5. The molecule has 0 saturated heterocycles. The van der Waals surface area contributed by atoms with Crippen LogP contribution in [-0.4, -0.2) is 22.4 Å². The molecule has 0 saturated carbocycles. The lowest BCUT2D eigenvalue weighted by Gasteiger charge is -2.16. The number of pyridine rings is 2. The van der Waals surface area contributed by atoms with Crippen LogP contribution >= 0.6 is 0 Å². The fraction of sp³-hybridized carbons (Fsp3) is 0. The average Bonchev–Trinajstić information content (AvgIpc) is 2.95. The quantitative estimate of drug-likeness (QED) is 0.244. The maximum Gasteiger partial charge on any atom is 0.0812 e. The molecule has 36 heavy (non-hydrogen) atoms. The topological polar surface area (TPSA) is 50.5 Å². The van der Waals surface area contributed by atoms with Crippen molar-refractivity contribution in [3.05, 3.63) is 133 Å². The van der Waals surface area contributed by atoms with E-state index in [-0.39, 0.29) is 0 Å². The van der Waals surface area contributed by atoms with Crippen molar-refractivity contribution < 1.29 is 0 Å². The Morgan fingerprint density at radius 3 is 1.33 bits per heavy atom. The molecule has 4 nitrogen and oxygen atoms in total. The second-order valence-corrected chi connectivity index (χ2v) is 8.39. The van der Waals surface area contributed by atoms with Crippen LogP contribution in [0.4, 0.5) is 11.4 Å². The third-order valence-corrected chi connectivity index (χ3v) is 6.11. The highest BCUT2D eigenvalue weighted by Gasteiger charge is 2.16. The summed E-state index contributed by atoms with van der Waals surface area (Å²) in [5.41, 5.74) is 5.44. The molecule has 0 aliphatic carbocycles. The van der Waals surface area contributed by atoms with Crippen molar-refractivity contribution in [2.75, 3.05) is 0 Å². The molecule has 6 aromatic rings. The van der Waals surface area contributed by atoms with E-state index in [9.17, 15) is 0 Å². The van der Waals surface area contributed by atoms with Crippen LogP contribution in [0, 0.1) is 0 Å². The molecule has 2 aromatic heterocycles. The molecular formula is C32H22N4. The summed E-state index contributed by atoms with van der Waals surface area (Å²) in [5, 5.41) is 4.55. The molecule has 0 amide bonds. The van der Waals surface area contributed by atoms with E-state index in [1.54, 1.807) is 12.4 Å². The van der Waals surface area contributed by atoms with Crippen LogP contribution < -0.4 is 0 Å². The monoisotopic (exact) mass is 462 g/mol. The fourth-order valence-electron chi connectivity index (χ4n) is 4.44. The van der Waals surface area contributed by atoms with Gasteiger partial charge in [-0.1, -0.05) is 72.8 Å². The van der Waals surface area contributed by atoms with Gasteiger partial charge in [0.1, 0.15) is 0 Å². The van der Waals surface area contributed by atoms with Gasteiger partial charge in [0.2, 0.25) is 0 Å². The molecule has 0 unspecified atom stereocenters. The van der Waals surface area contributed by atoms with E-state index in [0.717, 1.165) is 55.4 Å². The smallest absolute Gasteiger partial charge is 0.0812 e. The Labute approximate surface area is 209 Å². The predicted molar refractivity (Wildman–Crippen MR) is 150 cm³/mol. The Kier molecular flexibility index (Phi) is 5.83. The predicted octanol–water partition coefficient (Wildman–Crippen LogP) is 7.95. The first-order valence-electron chi connectivity index (χ1n) is 11.8. The standard InChI is InChI=1S/C32H22N4/c1-3-13-27-23(9-1)15-17-29(35-21-25-11-5-7-19-33-25)31(27)32-28-14-4-2-10-24(28)16-18-30(32)36-22-26-12-6-8-20-34-26/h1-22H. The summed E-state index contributed by atoms with van der Waals surface area (Å²) >= 11 is 0. The lowest BCUT2D eigenvalue weighted by atomic mass is 9.91. The van der Waals surface area contributed by atoms with Crippen molar-refractivity contribution in [3.63, 3.8) is 0 Å². The Hall–Kier alpha value is -4.96. The highest BCUT2D eigenvalue weighted by molar-refractivity contribution is 6.13. The van der Waals surface area contributed by atoms with Gasteiger partial charge in [0.25, 0.3) is 0 Å². The zero-order chi connectivity index (χ0) is 24.2. The minimum absolute atomic E-state index is 0.808. The minimum Gasteiger partial charge on any atom is -0.255 e. The number of rotatable bonds is 5. The molecule has 2 heterocycles. The van der Waals surface area contributed by atoms with Gasteiger partial charge in [-0.3, -0.25) is 20.0 Å². The number of hydrogen-bond donors (Lipinski definition) is 0. The van der Waals surface area contributed by atoms with E-state index in [4.69, 9.17) is 9.98 Å². The molecule has 6 rings (SSSR count). The van der Waals surface area contributed by atoms with Crippen LogP contribution in [0.2, 0.25) is 0 Å². The van der Waals surface area contributed by atoms with Gasteiger partial charge in [-0.15, -0.1) is 0 Å². The van der Waals surface area contributed by atoms with E-state index < -0.39 is 0 Å². The summed E-state index contributed by atoms with van der Waals surface area (Å²) in [4.78, 5) is 18.7. The molecule has 0 radical (unpaired) electrons. The van der Waals surface area contributed by atoms with Crippen molar-refractivity contribution in [3.8, 4) is 11.1 Å². The van der Waals surface area contributed by atoms with Gasteiger partial charge < -0.3 is 0 Å². The largest absolute Gasteiger partial charge is 0.255 e. The molecule has 0 N–H and O–H groups in total. The van der Waals surface area contributed by atoms with Gasteiger partial charge in [0.05, 0.1) is 35.2 Å². The fourth-order valence-corrected chi connectivity index (χ4v) is 4.44. The maximum absolute atomic E-state index is 4.92. The molecule has 170 valence electrons. The van der Waals surface area contributed by atoms with E-state index >= 15 is 0 Å². The molecule has 0 aliphatic heterocycles. The molecule has 0 atom stereocenters. The average molecular weight is 463 g/mol. The van der Waals surface area contributed by atoms with Crippen LogP contribution in [0.5, 0.6) is 0 Å². The Morgan fingerprint density at radius 2 is 0.889 bits per heavy atom. The number of aliphatic imine (C=N–C) groups is 2. The first kappa shape index (κ1) is 21.6. The summed E-state index contributed by atoms with van der Waals surface area (Å²) in [6.45, 7) is 0.